The lowest BCUT2D eigenvalue weighted by molar-refractivity contribution is 0.0593. The van der Waals surface area contributed by atoms with Crippen molar-refractivity contribution in [2.24, 2.45) is 0 Å². The first kappa shape index (κ1) is 18.6. The molecule has 2 aromatic rings. The second kappa shape index (κ2) is 7.45. The van der Waals surface area contributed by atoms with E-state index in [9.17, 15) is 18.0 Å². The molecule has 25 heavy (non-hydrogen) atoms. The fraction of sp³-hybridized carbons (Fsp3) is 0.176. The topological polar surface area (TPSA) is 90.0 Å². The fourth-order valence-corrected chi connectivity index (χ4v) is 2.94. The number of para-hydroxylation sites is 1. The minimum Gasteiger partial charge on any atom is -0.465 e. The van der Waals surface area contributed by atoms with Gasteiger partial charge in [0, 0.05) is 14.1 Å². The molecule has 8 heteroatoms. The van der Waals surface area contributed by atoms with E-state index in [4.69, 9.17) is 4.74 Å². The van der Waals surface area contributed by atoms with Crippen molar-refractivity contribution in [2.45, 2.75) is 4.90 Å². The van der Waals surface area contributed by atoms with Gasteiger partial charge in [0.2, 0.25) is 10.0 Å². The molecule has 0 fully saturated rings. The quantitative estimate of drug-likeness (QED) is 0.596. The van der Waals surface area contributed by atoms with E-state index in [1.165, 1.54) is 57.6 Å². The van der Waals surface area contributed by atoms with Crippen LogP contribution in [-0.4, -0.2) is 45.9 Å². The van der Waals surface area contributed by atoms with Crippen molar-refractivity contribution in [3.63, 3.8) is 0 Å². The molecule has 0 aromatic heterocycles. The molecule has 0 spiro atoms. The Hall–Kier alpha value is -2.71. The average Bonchev–Trinajstić information content (AvgIpc) is 2.61. The molecule has 0 aliphatic carbocycles. The lowest BCUT2D eigenvalue weighted by Gasteiger charge is -2.12. The van der Waals surface area contributed by atoms with Gasteiger partial charge in [-0.25, -0.2) is 22.3 Å². The van der Waals surface area contributed by atoms with E-state index in [1.807, 2.05) is 0 Å². The number of esters is 2. The van der Waals surface area contributed by atoms with Gasteiger partial charge in [0.15, 0.2) is 0 Å². The summed E-state index contributed by atoms with van der Waals surface area (Å²) in [5, 5.41) is 0. The Morgan fingerprint density at radius 1 is 0.960 bits per heavy atom. The van der Waals surface area contributed by atoms with Crippen LogP contribution in [0.15, 0.2) is 53.4 Å². The van der Waals surface area contributed by atoms with Crippen LogP contribution in [0.25, 0.3) is 0 Å². The van der Waals surface area contributed by atoms with Crippen molar-refractivity contribution in [1.29, 1.82) is 0 Å². The van der Waals surface area contributed by atoms with E-state index < -0.39 is 22.0 Å². The predicted molar refractivity (Wildman–Crippen MR) is 90.1 cm³/mol. The van der Waals surface area contributed by atoms with E-state index in [0.717, 1.165) is 4.31 Å². The van der Waals surface area contributed by atoms with Crippen LogP contribution in [0, 0.1) is 0 Å². The molecule has 2 aromatic carbocycles. The molecule has 7 nitrogen and oxygen atoms in total. The van der Waals surface area contributed by atoms with Crippen LogP contribution in [0.3, 0.4) is 0 Å². The molecular formula is C17H17NO6S. The first-order chi connectivity index (χ1) is 11.8. The molecule has 0 radical (unpaired) electrons. The number of hydrogen-bond acceptors (Lipinski definition) is 6. The van der Waals surface area contributed by atoms with Crippen LogP contribution in [0.1, 0.15) is 20.7 Å². The van der Waals surface area contributed by atoms with Crippen molar-refractivity contribution in [2.75, 3.05) is 21.2 Å². The predicted octanol–water partition coefficient (Wildman–Crippen LogP) is 1.94. The molecule has 0 aliphatic rings. The highest BCUT2D eigenvalue weighted by molar-refractivity contribution is 7.89. The van der Waals surface area contributed by atoms with Gasteiger partial charge in [-0.3, -0.25) is 0 Å². The minimum absolute atomic E-state index is 0.0280. The van der Waals surface area contributed by atoms with E-state index in [0.29, 0.717) is 0 Å². The molecule has 0 aliphatic heterocycles. The molecule has 0 N–H and O–H groups in total. The summed E-state index contributed by atoms with van der Waals surface area (Å²) >= 11 is 0. The summed E-state index contributed by atoms with van der Waals surface area (Å²) in [7, 11) is 0.330. The van der Waals surface area contributed by atoms with E-state index >= 15 is 0 Å². The van der Waals surface area contributed by atoms with Gasteiger partial charge in [-0.2, -0.15) is 0 Å². The van der Waals surface area contributed by atoms with Gasteiger partial charge in [0.25, 0.3) is 0 Å². The SMILES string of the molecule is COC(=O)c1ccccc1OC(=O)c1cccc(S(=O)(=O)N(C)C)c1. The maximum Gasteiger partial charge on any atom is 0.343 e. The second-order valence-corrected chi connectivity index (χ2v) is 7.34. The largest absolute Gasteiger partial charge is 0.465 e. The zero-order chi connectivity index (χ0) is 18.6. The Balaban J connectivity index is 2.34. The fourth-order valence-electron chi connectivity index (χ4n) is 1.99. The maximum absolute atomic E-state index is 12.3. The Labute approximate surface area is 145 Å². The first-order valence-electron chi connectivity index (χ1n) is 7.19. The molecule has 0 saturated heterocycles. The van der Waals surface area contributed by atoms with Crippen molar-refractivity contribution in [1.82, 2.24) is 4.31 Å². The average molecular weight is 363 g/mol. The molecular weight excluding hydrogens is 346 g/mol. The highest BCUT2D eigenvalue weighted by atomic mass is 32.2. The van der Waals surface area contributed by atoms with Gasteiger partial charge < -0.3 is 9.47 Å². The van der Waals surface area contributed by atoms with Crippen molar-refractivity contribution >= 4 is 22.0 Å². The second-order valence-electron chi connectivity index (χ2n) is 5.19. The van der Waals surface area contributed by atoms with Crippen LogP contribution < -0.4 is 4.74 Å². The van der Waals surface area contributed by atoms with Crippen LogP contribution in [-0.2, 0) is 14.8 Å². The Morgan fingerprint density at radius 3 is 2.28 bits per heavy atom. The molecule has 0 saturated carbocycles. The van der Waals surface area contributed by atoms with Gasteiger partial charge in [-0.1, -0.05) is 18.2 Å². The lowest BCUT2D eigenvalue weighted by atomic mass is 10.2. The number of carbonyl (C=O) groups is 2. The van der Waals surface area contributed by atoms with Gasteiger partial charge in [0.1, 0.15) is 11.3 Å². The molecule has 0 heterocycles. The number of methoxy groups -OCH3 is 1. The van der Waals surface area contributed by atoms with Gasteiger partial charge in [-0.05, 0) is 30.3 Å². The smallest absolute Gasteiger partial charge is 0.343 e. The summed E-state index contributed by atoms with van der Waals surface area (Å²) in [4.78, 5) is 24.0. The van der Waals surface area contributed by atoms with Crippen LogP contribution >= 0.6 is 0 Å². The third-order valence-electron chi connectivity index (χ3n) is 3.34. The van der Waals surface area contributed by atoms with Crippen molar-refractivity contribution in [3.8, 4) is 5.75 Å². The van der Waals surface area contributed by atoms with Crippen molar-refractivity contribution < 1.29 is 27.5 Å². The zero-order valence-electron chi connectivity index (χ0n) is 13.9. The third-order valence-corrected chi connectivity index (χ3v) is 5.15. The summed E-state index contributed by atoms with van der Waals surface area (Å²) in [6.07, 6.45) is 0. The van der Waals surface area contributed by atoms with E-state index in [2.05, 4.69) is 4.74 Å². The van der Waals surface area contributed by atoms with E-state index in [1.54, 1.807) is 12.1 Å². The van der Waals surface area contributed by atoms with Gasteiger partial charge >= 0.3 is 11.9 Å². The standard InChI is InChI=1S/C17H17NO6S/c1-18(2)25(21,22)13-8-6-7-12(11-13)16(19)24-15-10-5-4-9-14(15)17(20)23-3/h4-11H,1-3H3. The summed E-state index contributed by atoms with van der Waals surface area (Å²) in [6.45, 7) is 0. The number of ether oxygens (including phenoxy) is 2. The van der Waals surface area contributed by atoms with Gasteiger partial charge in [-0.15, -0.1) is 0 Å². The summed E-state index contributed by atoms with van der Waals surface area (Å²) < 4.78 is 35.2. The van der Waals surface area contributed by atoms with Crippen LogP contribution in [0.5, 0.6) is 5.75 Å². The molecule has 2 rings (SSSR count). The minimum atomic E-state index is -3.68. The number of hydrogen-bond donors (Lipinski definition) is 0. The maximum atomic E-state index is 12.3. The highest BCUT2D eigenvalue weighted by Gasteiger charge is 2.21. The number of carbonyl (C=O) groups excluding carboxylic acids is 2. The molecule has 0 unspecified atom stereocenters. The Bertz CT molecular complexity index is 905. The Morgan fingerprint density at radius 2 is 1.64 bits per heavy atom. The summed E-state index contributed by atoms with van der Waals surface area (Å²) in [5.41, 5.74) is 0.137. The number of sulfonamides is 1. The molecule has 0 bridgehead atoms. The third kappa shape index (κ3) is 4.04. The number of benzene rings is 2. The van der Waals surface area contributed by atoms with Gasteiger partial charge in [0.05, 0.1) is 17.6 Å². The van der Waals surface area contributed by atoms with Crippen LogP contribution in [0.4, 0.5) is 0 Å². The molecule has 0 amide bonds. The normalized spacial score (nSPS) is 11.2. The Kier molecular flexibility index (Phi) is 5.55. The summed E-state index contributed by atoms with van der Waals surface area (Å²) in [5.74, 6) is -1.40. The highest BCUT2D eigenvalue weighted by Crippen LogP contribution is 2.21. The van der Waals surface area contributed by atoms with E-state index in [-0.39, 0.29) is 21.8 Å². The number of rotatable bonds is 5. The molecule has 132 valence electrons. The molecule has 0 atom stereocenters. The lowest BCUT2D eigenvalue weighted by Crippen LogP contribution is -2.22. The zero-order valence-corrected chi connectivity index (χ0v) is 14.7. The van der Waals surface area contributed by atoms with Crippen molar-refractivity contribution in [3.05, 3.63) is 59.7 Å². The monoisotopic (exact) mass is 363 g/mol. The van der Waals surface area contributed by atoms with Crippen LogP contribution in [0.2, 0.25) is 0 Å². The first-order valence-corrected chi connectivity index (χ1v) is 8.63. The summed E-state index contributed by atoms with van der Waals surface area (Å²) in [6, 6.07) is 11.6. The number of nitrogens with zero attached hydrogens (tertiary/aromatic N) is 1.